The molecular weight excluding hydrogens is 405 g/mol. The van der Waals surface area contributed by atoms with E-state index < -0.39 is 45.4 Å². The SMILES string of the molecule is CC1CCN(c2c(-c3c(F)c(F)c(F)c(F)c3F)c(Cl)nc3ncnn23)CC1. The molecule has 0 saturated carbocycles. The van der Waals surface area contributed by atoms with Crippen LogP contribution in [-0.2, 0) is 0 Å². The van der Waals surface area contributed by atoms with Gasteiger partial charge in [-0.15, -0.1) is 0 Å². The molecule has 148 valence electrons. The van der Waals surface area contributed by atoms with Crippen molar-refractivity contribution in [1.82, 2.24) is 19.6 Å². The van der Waals surface area contributed by atoms with Crippen LogP contribution in [-0.4, -0.2) is 32.7 Å². The highest BCUT2D eigenvalue weighted by atomic mass is 35.5. The minimum absolute atomic E-state index is 0.0474. The molecular formula is C17H13ClF5N5. The maximum absolute atomic E-state index is 14.5. The van der Waals surface area contributed by atoms with Crippen molar-refractivity contribution in [2.45, 2.75) is 19.8 Å². The molecule has 28 heavy (non-hydrogen) atoms. The molecule has 0 radical (unpaired) electrons. The summed E-state index contributed by atoms with van der Waals surface area (Å²) in [5.41, 5.74) is -1.55. The van der Waals surface area contributed by atoms with Crippen LogP contribution in [0, 0.1) is 35.0 Å². The van der Waals surface area contributed by atoms with Crippen LogP contribution in [0.4, 0.5) is 27.8 Å². The summed E-state index contributed by atoms with van der Waals surface area (Å²) in [6.45, 7) is 3.03. The quantitative estimate of drug-likeness (QED) is 0.269. The van der Waals surface area contributed by atoms with Crippen LogP contribution in [0.2, 0.25) is 5.15 Å². The number of aromatic nitrogens is 4. The Morgan fingerprint density at radius 1 is 0.929 bits per heavy atom. The predicted molar refractivity (Wildman–Crippen MR) is 91.6 cm³/mol. The molecule has 1 aromatic carbocycles. The molecule has 0 bridgehead atoms. The fourth-order valence-corrected chi connectivity index (χ4v) is 3.61. The second-order valence-electron chi connectivity index (χ2n) is 6.69. The van der Waals surface area contributed by atoms with Gasteiger partial charge in [0.2, 0.25) is 5.82 Å². The second kappa shape index (κ2) is 6.84. The Morgan fingerprint density at radius 3 is 2.11 bits per heavy atom. The van der Waals surface area contributed by atoms with Crippen molar-refractivity contribution >= 4 is 23.2 Å². The summed E-state index contributed by atoms with van der Waals surface area (Å²) in [7, 11) is 0. The Bertz CT molecular complexity index is 1050. The average molecular weight is 418 g/mol. The lowest BCUT2D eigenvalue weighted by atomic mass is 9.98. The maximum Gasteiger partial charge on any atom is 0.255 e. The van der Waals surface area contributed by atoms with E-state index in [1.807, 2.05) is 0 Å². The van der Waals surface area contributed by atoms with E-state index in [1.165, 1.54) is 4.52 Å². The number of rotatable bonds is 2. The first-order valence-corrected chi connectivity index (χ1v) is 8.85. The van der Waals surface area contributed by atoms with E-state index in [2.05, 4.69) is 22.0 Å². The molecule has 0 N–H and O–H groups in total. The molecule has 11 heteroatoms. The highest BCUT2D eigenvalue weighted by Crippen LogP contribution is 2.41. The van der Waals surface area contributed by atoms with Crippen molar-refractivity contribution in [3.05, 3.63) is 40.6 Å². The van der Waals surface area contributed by atoms with Gasteiger partial charge < -0.3 is 4.90 Å². The summed E-state index contributed by atoms with van der Waals surface area (Å²) >= 11 is 6.15. The fourth-order valence-electron chi connectivity index (χ4n) is 3.35. The zero-order valence-corrected chi connectivity index (χ0v) is 15.2. The summed E-state index contributed by atoms with van der Waals surface area (Å²) < 4.78 is 71.4. The topological polar surface area (TPSA) is 46.3 Å². The minimum Gasteiger partial charge on any atom is -0.356 e. The molecule has 0 amide bonds. The van der Waals surface area contributed by atoms with Crippen molar-refractivity contribution in [3.63, 3.8) is 0 Å². The normalized spacial score (nSPS) is 15.6. The third kappa shape index (κ3) is 2.78. The predicted octanol–water partition coefficient (Wildman–Crippen LogP) is 4.38. The molecule has 1 aliphatic heterocycles. The number of fused-ring (bicyclic) bond motifs is 1. The summed E-state index contributed by atoms with van der Waals surface area (Å²) in [5, 5.41) is 3.57. The van der Waals surface area contributed by atoms with Crippen molar-refractivity contribution in [1.29, 1.82) is 0 Å². The lowest BCUT2D eigenvalue weighted by molar-refractivity contribution is 0.381. The Hall–Kier alpha value is -2.49. The first kappa shape index (κ1) is 18.9. The Labute approximate surface area is 160 Å². The van der Waals surface area contributed by atoms with E-state index >= 15 is 0 Å². The fraction of sp³-hybridized carbons (Fsp3) is 0.353. The first-order chi connectivity index (χ1) is 13.3. The highest BCUT2D eigenvalue weighted by Gasteiger charge is 2.33. The van der Waals surface area contributed by atoms with Crippen LogP contribution in [0.15, 0.2) is 6.33 Å². The van der Waals surface area contributed by atoms with E-state index in [1.54, 1.807) is 4.90 Å². The van der Waals surface area contributed by atoms with Gasteiger partial charge in [0.15, 0.2) is 23.3 Å². The van der Waals surface area contributed by atoms with Gasteiger partial charge in [-0.1, -0.05) is 18.5 Å². The van der Waals surface area contributed by atoms with E-state index in [9.17, 15) is 22.0 Å². The maximum atomic E-state index is 14.5. The van der Waals surface area contributed by atoms with Crippen molar-refractivity contribution in [3.8, 4) is 11.1 Å². The summed E-state index contributed by atoms with van der Waals surface area (Å²) in [6, 6.07) is 0. The first-order valence-electron chi connectivity index (χ1n) is 8.47. The minimum atomic E-state index is -2.24. The molecule has 1 aliphatic rings. The van der Waals surface area contributed by atoms with E-state index in [4.69, 9.17) is 11.6 Å². The van der Waals surface area contributed by atoms with Crippen molar-refractivity contribution in [2.24, 2.45) is 5.92 Å². The summed E-state index contributed by atoms with van der Waals surface area (Å²) in [4.78, 5) is 9.55. The molecule has 5 nitrogen and oxygen atoms in total. The van der Waals surface area contributed by atoms with Gasteiger partial charge in [-0.2, -0.15) is 19.6 Å². The van der Waals surface area contributed by atoms with E-state index in [0.29, 0.717) is 19.0 Å². The monoisotopic (exact) mass is 417 g/mol. The number of anilines is 1. The van der Waals surface area contributed by atoms with Gasteiger partial charge in [-0.3, -0.25) is 0 Å². The highest BCUT2D eigenvalue weighted by molar-refractivity contribution is 6.33. The summed E-state index contributed by atoms with van der Waals surface area (Å²) in [6.07, 6.45) is 2.70. The number of piperidine rings is 1. The van der Waals surface area contributed by atoms with Gasteiger partial charge in [-0.25, -0.2) is 22.0 Å². The molecule has 3 aromatic rings. The molecule has 0 atom stereocenters. The van der Waals surface area contributed by atoms with Crippen molar-refractivity contribution < 1.29 is 22.0 Å². The van der Waals surface area contributed by atoms with Gasteiger partial charge in [0.25, 0.3) is 5.78 Å². The van der Waals surface area contributed by atoms with Crippen LogP contribution in [0.5, 0.6) is 0 Å². The molecule has 3 heterocycles. The van der Waals surface area contributed by atoms with Gasteiger partial charge in [0.1, 0.15) is 17.3 Å². The number of benzene rings is 1. The number of nitrogens with zero attached hydrogens (tertiary/aromatic N) is 5. The van der Waals surface area contributed by atoms with Gasteiger partial charge >= 0.3 is 0 Å². The molecule has 0 unspecified atom stereocenters. The zero-order valence-electron chi connectivity index (χ0n) is 14.5. The van der Waals surface area contributed by atoms with E-state index in [-0.39, 0.29) is 11.6 Å². The van der Waals surface area contributed by atoms with Crippen LogP contribution >= 0.6 is 11.6 Å². The van der Waals surface area contributed by atoms with Gasteiger partial charge in [0, 0.05) is 13.1 Å². The average Bonchev–Trinajstić information content (AvgIpc) is 3.14. The number of halogens is 6. The van der Waals surface area contributed by atoms with Gasteiger partial charge in [-0.05, 0) is 18.8 Å². The molecule has 0 aliphatic carbocycles. The zero-order chi connectivity index (χ0) is 20.2. The Kier molecular flexibility index (Phi) is 4.60. The lowest BCUT2D eigenvalue weighted by Crippen LogP contribution is -2.35. The van der Waals surface area contributed by atoms with Crippen LogP contribution in [0.1, 0.15) is 19.8 Å². The number of hydrogen-bond donors (Lipinski definition) is 0. The van der Waals surface area contributed by atoms with Gasteiger partial charge in [0.05, 0.1) is 11.1 Å². The van der Waals surface area contributed by atoms with E-state index in [0.717, 1.165) is 19.2 Å². The van der Waals surface area contributed by atoms with Crippen LogP contribution in [0.25, 0.3) is 16.9 Å². The smallest absolute Gasteiger partial charge is 0.255 e. The third-order valence-corrected chi connectivity index (χ3v) is 5.17. The third-order valence-electron chi connectivity index (χ3n) is 4.90. The summed E-state index contributed by atoms with van der Waals surface area (Å²) in [5.74, 6) is -9.74. The molecule has 1 fully saturated rings. The largest absolute Gasteiger partial charge is 0.356 e. The second-order valence-corrected chi connectivity index (χ2v) is 7.05. The molecule has 0 spiro atoms. The number of hydrogen-bond acceptors (Lipinski definition) is 4. The Morgan fingerprint density at radius 2 is 1.50 bits per heavy atom. The molecule has 2 aromatic heterocycles. The van der Waals surface area contributed by atoms with Crippen molar-refractivity contribution in [2.75, 3.05) is 18.0 Å². The Balaban J connectivity index is 2.06. The molecule has 4 rings (SSSR count). The standard InChI is InChI=1S/C17H13ClF5N5/c1-7-2-4-27(5-3-7)16-9(15(18)26-17-24-6-25-28(16)17)8-10(19)12(21)14(23)13(22)11(8)20/h6-7H,2-5H2,1H3. The lowest BCUT2D eigenvalue weighted by Gasteiger charge is -2.33. The molecule has 1 saturated heterocycles. The van der Waals surface area contributed by atoms with Crippen LogP contribution in [0.3, 0.4) is 0 Å². The van der Waals surface area contributed by atoms with Crippen LogP contribution < -0.4 is 4.90 Å².